The predicted molar refractivity (Wildman–Crippen MR) is 67.8 cm³/mol. The Hall–Kier alpha value is -1.86. The molecule has 0 aliphatic heterocycles. The number of nitrogens with one attached hydrogen (secondary N) is 1. The molecule has 1 rings (SSSR count). The molecule has 0 radical (unpaired) electrons. The first kappa shape index (κ1) is 14.2. The normalized spacial score (nSPS) is 11.2. The van der Waals surface area contributed by atoms with Gasteiger partial charge in [0.2, 0.25) is 10.0 Å². The molecule has 0 atom stereocenters. The zero-order valence-electron chi connectivity index (χ0n) is 9.80. The van der Waals surface area contributed by atoms with Crippen LogP contribution in [0.15, 0.2) is 35.2 Å². The minimum atomic E-state index is -3.76. The maximum Gasteiger partial charge on any atom is 0.335 e. The molecular formula is C11H14N2O4S. The van der Waals surface area contributed by atoms with E-state index in [0.29, 0.717) is 5.57 Å². The van der Waals surface area contributed by atoms with Crippen LogP contribution in [0.1, 0.15) is 17.3 Å². The number of anilines is 1. The number of hydrogen-bond donors (Lipinski definition) is 3. The van der Waals surface area contributed by atoms with Crippen LogP contribution in [0.3, 0.4) is 0 Å². The Kier molecular flexibility index (Phi) is 4.10. The highest BCUT2D eigenvalue weighted by Crippen LogP contribution is 2.19. The summed E-state index contributed by atoms with van der Waals surface area (Å²) in [7, 11) is -3.76. The molecule has 0 spiro atoms. The smallest absolute Gasteiger partial charge is 0.335 e. The van der Waals surface area contributed by atoms with Crippen LogP contribution in [0.25, 0.3) is 0 Å². The van der Waals surface area contributed by atoms with Crippen molar-refractivity contribution in [1.82, 2.24) is 4.72 Å². The van der Waals surface area contributed by atoms with Crippen LogP contribution in [0.2, 0.25) is 0 Å². The van der Waals surface area contributed by atoms with E-state index in [0.717, 1.165) is 6.07 Å². The molecule has 18 heavy (non-hydrogen) atoms. The summed E-state index contributed by atoms with van der Waals surface area (Å²) < 4.78 is 26.0. The lowest BCUT2D eigenvalue weighted by molar-refractivity contribution is 0.0697. The van der Waals surface area contributed by atoms with E-state index in [1.54, 1.807) is 6.92 Å². The number of sulfonamides is 1. The third-order valence-corrected chi connectivity index (χ3v) is 3.59. The maximum absolute atomic E-state index is 11.9. The molecule has 0 amide bonds. The van der Waals surface area contributed by atoms with Crippen molar-refractivity contribution >= 4 is 21.7 Å². The lowest BCUT2D eigenvalue weighted by Crippen LogP contribution is -2.26. The van der Waals surface area contributed by atoms with Gasteiger partial charge in [-0.25, -0.2) is 17.9 Å². The maximum atomic E-state index is 11.9. The van der Waals surface area contributed by atoms with Crippen LogP contribution in [-0.2, 0) is 10.0 Å². The zero-order valence-corrected chi connectivity index (χ0v) is 10.6. The molecule has 0 fully saturated rings. The summed E-state index contributed by atoms with van der Waals surface area (Å²) >= 11 is 0. The van der Waals surface area contributed by atoms with E-state index in [-0.39, 0.29) is 22.7 Å². The largest absolute Gasteiger partial charge is 0.478 e. The third kappa shape index (κ3) is 3.31. The van der Waals surface area contributed by atoms with E-state index in [2.05, 4.69) is 11.3 Å². The van der Waals surface area contributed by atoms with Gasteiger partial charge < -0.3 is 10.8 Å². The summed E-state index contributed by atoms with van der Waals surface area (Å²) in [5.41, 5.74) is 6.03. The number of carboxylic acid groups (broad SMARTS) is 1. The highest BCUT2D eigenvalue weighted by molar-refractivity contribution is 7.89. The average molecular weight is 270 g/mol. The Labute approximate surface area is 105 Å². The van der Waals surface area contributed by atoms with Crippen LogP contribution in [0, 0.1) is 0 Å². The first-order valence-corrected chi connectivity index (χ1v) is 6.49. The molecule has 0 bridgehead atoms. The van der Waals surface area contributed by atoms with Gasteiger partial charge in [0.05, 0.1) is 11.3 Å². The molecule has 4 N–H and O–H groups in total. The summed E-state index contributed by atoms with van der Waals surface area (Å²) in [5.74, 6) is -1.17. The van der Waals surface area contributed by atoms with Crippen molar-refractivity contribution in [2.24, 2.45) is 0 Å². The zero-order chi connectivity index (χ0) is 13.9. The number of rotatable bonds is 5. The summed E-state index contributed by atoms with van der Waals surface area (Å²) in [6, 6.07) is 3.46. The summed E-state index contributed by atoms with van der Waals surface area (Å²) in [5, 5.41) is 8.75. The third-order valence-electron chi connectivity index (χ3n) is 2.11. The van der Waals surface area contributed by atoms with E-state index >= 15 is 0 Å². The SMILES string of the molecule is C=C(C)CNS(=O)(=O)c1ccc(C(=O)O)cc1N. The molecule has 7 heteroatoms. The first-order valence-electron chi connectivity index (χ1n) is 5.01. The first-order chi connectivity index (χ1) is 8.24. The highest BCUT2D eigenvalue weighted by Gasteiger charge is 2.18. The minimum absolute atomic E-state index is 0.0636. The van der Waals surface area contributed by atoms with Crippen molar-refractivity contribution in [1.29, 1.82) is 0 Å². The minimum Gasteiger partial charge on any atom is -0.478 e. The fourth-order valence-electron chi connectivity index (χ4n) is 1.22. The van der Waals surface area contributed by atoms with E-state index < -0.39 is 16.0 Å². The number of nitrogens with two attached hydrogens (primary N) is 1. The number of aromatic carboxylic acids is 1. The Morgan fingerprint density at radius 3 is 2.56 bits per heavy atom. The lowest BCUT2D eigenvalue weighted by Gasteiger charge is -2.09. The summed E-state index contributed by atoms with van der Waals surface area (Å²) in [6.07, 6.45) is 0. The number of hydrogen-bond acceptors (Lipinski definition) is 4. The van der Waals surface area contributed by atoms with Gasteiger partial charge in [0.1, 0.15) is 4.90 Å². The van der Waals surface area contributed by atoms with Gasteiger partial charge in [0, 0.05) is 6.54 Å². The van der Waals surface area contributed by atoms with Crippen molar-refractivity contribution in [2.75, 3.05) is 12.3 Å². The number of carboxylic acids is 1. The summed E-state index contributed by atoms with van der Waals surface area (Å²) in [6.45, 7) is 5.36. The molecular weight excluding hydrogens is 256 g/mol. The Morgan fingerprint density at radius 1 is 1.50 bits per heavy atom. The Bertz CT molecular complexity index is 593. The average Bonchev–Trinajstić information content (AvgIpc) is 2.26. The lowest BCUT2D eigenvalue weighted by atomic mass is 10.2. The Balaban J connectivity index is 3.10. The molecule has 0 aliphatic rings. The van der Waals surface area contributed by atoms with Gasteiger partial charge >= 0.3 is 5.97 Å². The predicted octanol–water partition coefficient (Wildman–Crippen LogP) is 0.821. The van der Waals surface area contributed by atoms with Gasteiger partial charge in [0.25, 0.3) is 0 Å². The standard InChI is InChI=1S/C11H14N2O4S/c1-7(2)6-13-18(16,17)10-4-3-8(11(14)15)5-9(10)12/h3-5,13H,1,6,12H2,2H3,(H,14,15). The fourth-order valence-corrected chi connectivity index (χ4v) is 2.43. The molecule has 1 aromatic rings. The second-order valence-corrected chi connectivity index (χ2v) is 5.57. The molecule has 0 aliphatic carbocycles. The van der Waals surface area contributed by atoms with Crippen LogP contribution in [0.4, 0.5) is 5.69 Å². The van der Waals surface area contributed by atoms with Gasteiger partial charge in [-0.15, -0.1) is 0 Å². The molecule has 0 heterocycles. The van der Waals surface area contributed by atoms with Gasteiger partial charge in [-0.05, 0) is 25.1 Å². The van der Waals surface area contributed by atoms with Crippen LogP contribution in [0.5, 0.6) is 0 Å². The molecule has 98 valence electrons. The monoisotopic (exact) mass is 270 g/mol. The van der Waals surface area contributed by atoms with Crippen LogP contribution >= 0.6 is 0 Å². The van der Waals surface area contributed by atoms with Gasteiger partial charge in [-0.2, -0.15) is 0 Å². The van der Waals surface area contributed by atoms with E-state index in [1.807, 2.05) is 0 Å². The molecule has 6 nitrogen and oxygen atoms in total. The van der Waals surface area contributed by atoms with Crippen molar-refractivity contribution < 1.29 is 18.3 Å². The fraction of sp³-hybridized carbons (Fsp3) is 0.182. The van der Waals surface area contributed by atoms with Crippen molar-refractivity contribution in [2.45, 2.75) is 11.8 Å². The van der Waals surface area contributed by atoms with Crippen molar-refractivity contribution in [3.63, 3.8) is 0 Å². The topological polar surface area (TPSA) is 109 Å². The second kappa shape index (κ2) is 5.19. The van der Waals surface area contributed by atoms with Gasteiger partial charge in [-0.1, -0.05) is 12.2 Å². The van der Waals surface area contributed by atoms with Gasteiger partial charge in [-0.3, -0.25) is 0 Å². The summed E-state index contributed by atoms with van der Waals surface area (Å²) in [4.78, 5) is 10.6. The molecule has 0 saturated heterocycles. The number of benzene rings is 1. The van der Waals surface area contributed by atoms with E-state index in [1.165, 1.54) is 12.1 Å². The van der Waals surface area contributed by atoms with Crippen molar-refractivity contribution in [3.8, 4) is 0 Å². The number of nitrogen functional groups attached to an aromatic ring is 1. The van der Waals surface area contributed by atoms with Crippen molar-refractivity contribution in [3.05, 3.63) is 35.9 Å². The van der Waals surface area contributed by atoms with Gasteiger partial charge in [0.15, 0.2) is 0 Å². The second-order valence-electron chi connectivity index (χ2n) is 3.84. The molecule has 0 aromatic heterocycles. The molecule has 1 aromatic carbocycles. The molecule has 0 unspecified atom stereocenters. The quantitative estimate of drug-likeness (QED) is 0.542. The van der Waals surface area contributed by atoms with E-state index in [4.69, 9.17) is 10.8 Å². The van der Waals surface area contributed by atoms with Crippen LogP contribution in [-0.4, -0.2) is 26.0 Å². The molecule has 0 saturated carbocycles. The Morgan fingerprint density at radius 2 is 2.11 bits per heavy atom. The number of carbonyl (C=O) groups is 1. The highest BCUT2D eigenvalue weighted by atomic mass is 32.2. The van der Waals surface area contributed by atoms with Crippen LogP contribution < -0.4 is 10.5 Å². The van der Waals surface area contributed by atoms with E-state index in [9.17, 15) is 13.2 Å².